The first-order valence-electron chi connectivity index (χ1n) is 8.43. The number of rotatable bonds is 4. The molecule has 0 saturated carbocycles. The summed E-state index contributed by atoms with van der Waals surface area (Å²) >= 11 is 0. The third-order valence-corrected chi connectivity index (χ3v) is 5.07. The third-order valence-electron chi connectivity index (χ3n) is 5.07. The zero-order valence-electron chi connectivity index (χ0n) is 13.2. The molecule has 116 valence electrons. The van der Waals surface area contributed by atoms with Crippen LogP contribution in [0.15, 0.2) is 24.3 Å². The predicted molar refractivity (Wildman–Crippen MR) is 86.4 cm³/mol. The van der Waals surface area contributed by atoms with E-state index in [1.165, 1.54) is 44.5 Å². The summed E-state index contributed by atoms with van der Waals surface area (Å²) in [5.74, 6) is 0. The number of nitrogens with zero attached hydrogens (tertiary/aromatic N) is 2. The molecule has 0 amide bonds. The van der Waals surface area contributed by atoms with E-state index in [9.17, 15) is 5.11 Å². The number of benzene rings is 1. The highest BCUT2D eigenvalue weighted by molar-refractivity contribution is 5.23. The summed E-state index contributed by atoms with van der Waals surface area (Å²) in [6.45, 7) is 7.96. The van der Waals surface area contributed by atoms with E-state index in [0.29, 0.717) is 0 Å². The number of piperidine rings is 1. The summed E-state index contributed by atoms with van der Waals surface area (Å²) < 4.78 is 0. The Morgan fingerprint density at radius 2 is 2.14 bits per heavy atom. The van der Waals surface area contributed by atoms with Crippen LogP contribution in [0.4, 0.5) is 0 Å². The summed E-state index contributed by atoms with van der Waals surface area (Å²) in [5.41, 5.74) is 2.29. The molecular formula is C18H28N2O. The highest BCUT2D eigenvalue weighted by Crippen LogP contribution is 2.23. The number of aliphatic hydroxyl groups excluding tert-OH is 1. The fraction of sp³-hybridized carbons (Fsp3) is 0.667. The van der Waals surface area contributed by atoms with Crippen molar-refractivity contribution in [2.45, 2.75) is 44.8 Å². The first-order chi connectivity index (χ1) is 10.2. The van der Waals surface area contributed by atoms with E-state index in [0.717, 1.165) is 31.1 Å². The number of fused-ring (bicyclic) bond motifs is 1. The summed E-state index contributed by atoms with van der Waals surface area (Å²) in [5, 5.41) is 10.4. The minimum absolute atomic E-state index is 0.325. The van der Waals surface area contributed by atoms with Crippen molar-refractivity contribution in [1.29, 1.82) is 0 Å². The van der Waals surface area contributed by atoms with Crippen molar-refractivity contribution in [2.24, 2.45) is 0 Å². The van der Waals surface area contributed by atoms with Gasteiger partial charge in [0.1, 0.15) is 0 Å². The second kappa shape index (κ2) is 6.91. The molecule has 0 bridgehead atoms. The SMILES string of the molecule is Cc1cccc(C(O)CCN2CCN3CCCCC3C2)c1. The molecule has 0 radical (unpaired) electrons. The lowest BCUT2D eigenvalue weighted by molar-refractivity contribution is 0.0405. The lowest BCUT2D eigenvalue weighted by Crippen LogP contribution is -2.54. The van der Waals surface area contributed by atoms with Crippen molar-refractivity contribution >= 4 is 0 Å². The van der Waals surface area contributed by atoms with Crippen LogP contribution in [-0.2, 0) is 0 Å². The molecule has 0 spiro atoms. The molecule has 2 aliphatic rings. The van der Waals surface area contributed by atoms with Crippen molar-refractivity contribution in [3.63, 3.8) is 0 Å². The maximum atomic E-state index is 10.4. The topological polar surface area (TPSA) is 26.7 Å². The van der Waals surface area contributed by atoms with Crippen LogP contribution in [0.1, 0.15) is 42.9 Å². The number of hydrogen-bond acceptors (Lipinski definition) is 3. The molecule has 0 aromatic heterocycles. The van der Waals surface area contributed by atoms with Gasteiger partial charge in [-0.3, -0.25) is 4.90 Å². The zero-order valence-corrected chi connectivity index (χ0v) is 13.2. The van der Waals surface area contributed by atoms with Crippen molar-refractivity contribution in [3.8, 4) is 0 Å². The van der Waals surface area contributed by atoms with E-state index < -0.39 is 0 Å². The van der Waals surface area contributed by atoms with Gasteiger partial charge < -0.3 is 10.0 Å². The number of aryl methyl sites for hydroxylation is 1. The maximum Gasteiger partial charge on any atom is 0.0802 e. The summed E-state index contributed by atoms with van der Waals surface area (Å²) in [7, 11) is 0. The highest BCUT2D eigenvalue weighted by atomic mass is 16.3. The van der Waals surface area contributed by atoms with Gasteiger partial charge in [-0.2, -0.15) is 0 Å². The van der Waals surface area contributed by atoms with E-state index in [1.54, 1.807) is 0 Å². The molecule has 2 unspecified atom stereocenters. The van der Waals surface area contributed by atoms with E-state index >= 15 is 0 Å². The zero-order chi connectivity index (χ0) is 14.7. The summed E-state index contributed by atoms with van der Waals surface area (Å²) in [6, 6.07) is 9.02. The van der Waals surface area contributed by atoms with E-state index in [4.69, 9.17) is 0 Å². The molecule has 0 aliphatic carbocycles. The van der Waals surface area contributed by atoms with Crippen LogP contribution >= 0.6 is 0 Å². The van der Waals surface area contributed by atoms with Gasteiger partial charge in [-0.15, -0.1) is 0 Å². The van der Waals surface area contributed by atoms with Gasteiger partial charge in [-0.25, -0.2) is 0 Å². The summed E-state index contributed by atoms with van der Waals surface area (Å²) in [4.78, 5) is 5.21. The van der Waals surface area contributed by atoms with Crippen LogP contribution < -0.4 is 0 Å². The molecule has 2 aliphatic heterocycles. The Kier molecular flexibility index (Phi) is 4.94. The average Bonchev–Trinajstić information content (AvgIpc) is 2.52. The third kappa shape index (κ3) is 3.85. The lowest BCUT2D eigenvalue weighted by atomic mass is 9.99. The van der Waals surface area contributed by atoms with Gasteiger partial charge in [0.2, 0.25) is 0 Å². The first-order valence-corrected chi connectivity index (χ1v) is 8.43. The molecule has 1 aromatic carbocycles. The normalized spacial score (nSPS) is 25.5. The Bertz CT molecular complexity index is 462. The molecule has 2 fully saturated rings. The molecule has 2 atom stereocenters. The van der Waals surface area contributed by atoms with Gasteiger partial charge in [0, 0.05) is 32.2 Å². The minimum Gasteiger partial charge on any atom is -0.388 e. The van der Waals surface area contributed by atoms with Crippen molar-refractivity contribution in [1.82, 2.24) is 9.80 Å². The van der Waals surface area contributed by atoms with Gasteiger partial charge in [-0.1, -0.05) is 36.2 Å². The second-order valence-electron chi connectivity index (χ2n) is 6.70. The van der Waals surface area contributed by atoms with Gasteiger partial charge in [0.05, 0.1) is 6.10 Å². The molecule has 3 nitrogen and oxygen atoms in total. The van der Waals surface area contributed by atoms with Gasteiger partial charge in [-0.05, 0) is 38.3 Å². The van der Waals surface area contributed by atoms with Crippen LogP contribution in [0.25, 0.3) is 0 Å². The number of hydrogen-bond donors (Lipinski definition) is 1. The van der Waals surface area contributed by atoms with Crippen LogP contribution in [0.2, 0.25) is 0 Å². The largest absolute Gasteiger partial charge is 0.388 e. The van der Waals surface area contributed by atoms with Gasteiger partial charge >= 0.3 is 0 Å². The second-order valence-corrected chi connectivity index (χ2v) is 6.70. The Balaban J connectivity index is 1.49. The van der Waals surface area contributed by atoms with Crippen LogP contribution in [-0.4, -0.2) is 53.7 Å². The molecule has 3 heteroatoms. The molecule has 3 rings (SSSR count). The molecular weight excluding hydrogens is 260 g/mol. The Labute approximate surface area is 128 Å². The monoisotopic (exact) mass is 288 g/mol. The molecule has 2 saturated heterocycles. The average molecular weight is 288 g/mol. The number of aliphatic hydroxyl groups is 1. The Hall–Kier alpha value is -0.900. The molecule has 1 N–H and O–H groups in total. The molecule has 1 aromatic rings. The van der Waals surface area contributed by atoms with Crippen molar-refractivity contribution in [3.05, 3.63) is 35.4 Å². The first kappa shape index (κ1) is 15.0. The minimum atomic E-state index is -0.325. The van der Waals surface area contributed by atoms with Gasteiger partial charge in [0.15, 0.2) is 0 Å². The predicted octanol–water partition coefficient (Wildman–Crippen LogP) is 2.59. The number of piperazine rings is 1. The molecule has 21 heavy (non-hydrogen) atoms. The van der Waals surface area contributed by atoms with Crippen LogP contribution in [0.3, 0.4) is 0 Å². The van der Waals surface area contributed by atoms with Crippen LogP contribution in [0.5, 0.6) is 0 Å². The fourth-order valence-electron chi connectivity index (χ4n) is 3.77. The smallest absolute Gasteiger partial charge is 0.0802 e. The van der Waals surface area contributed by atoms with E-state index in [2.05, 4.69) is 28.9 Å². The Morgan fingerprint density at radius 3 is 3.00 bits per heavy atom. The van der Waals surface area contributed by atoms with E-state index in [-0.39, 0.29) is 6.10 Å². The van der Waals surface area contributed by atoms with Gasteiger partial charge in [0.25, 0.3) is 0 Å². The summed E-state index contributed by atoms with van der Waals surface area (Å²) in [6.07, 6.45) is 4.64. The fourth-order valence-corrected chi connectivity index (χ4v) is 3.77. The van der Waals surface area contributed by atoms with Crippen LogP contribution in [0, 0.1) is 6.92 Å². The maximum absolute atomic E-state index is 10.4. The van der Waals surface area contributed by atoms with Crippen molar-refractivity contribution < 1.29 is 5.11 Å². The standard InChI is InChI=1S/C18H28N2O/c1-15-5-4-6-16(13-15)18(21)8-10-19-11-12-20-9-3-2-7-17(20)14-19/h4-6,13,17-18,21H,2-3,7-12,14H2,1H3. The quantitative estimate of drug-likeness (QED) is 0.922. The molecule has 2 heterocycles. The Morgan fingerprint density at radius 1 is 1.24 bits per heavy atom. The lowest BCUT2D eigenvalue weighted by Gasteiger charge is -2.44. The van der Waals surface area contributed by atoms with Crippen molar-refractivity contribution in [2.75, 3.05) is 32.7 Å². The van der Waals surface area contributed by atoms with E-state index in [1.807, 2.05) is 12.1 Å². The highest BCUT2D eigenvalue weighted by Gasteiger charge is 2.28.